The third-order valence-corrected chi connectivity index (χ3v) is 4.66. The molecule has 1 aromatic heterocycles. The molecule has 2 heterocycles. The average molecular weight is 271 g/mol. The van der Waals surface area contributed by atoms with Crippen LogP contribution in [0.3, 0.4) is 0 Å². The maximum absolute atomic E-state index is 11.5. The molecule has 1 aliphatic heterocycles. The quantitative estimate of drug-likeness (QED) is 0.875. The van der Waals surface area contributed by atoms with E-state index in [1.807, 2.05) is 0 Å². The van der Waals surface area contributed by atoms with Crippen molar-refractivity contribution in [2.75, 3.05) is 23.9 Å². The number of anilines is 1. The Bertz CT molecular complexity index is 530. The van der Waals surface area contributed by atoms with E-state index < -0.39 is 9.84 Å². The number of sulfone groups is 1. The van der Waals surface area contributed by atoms with Crippen LogP contribution in [-0.4, -0.2) is 43.0 Å². The van der Waals surface area contributed by atoms with Crippen molar-refractivity contribution < 1.29 is 13.2 Å². The average Bonchev–Trinajstić information content (AvgIpc) is 2.26. The van der Waals surface area contributed by atoms with E-state index in [0.29, 0.717) is 23.9 Å². The van der Waals surface area contributed by atoms with Crippen molar-refractivity contribution >= 4 is 15.7 Å². The molecule has 0 saturated carbocycles. The Morgan fingerprint density at radius 2 is 2.22 bits per heavy atom. The molecule has 0 amide bonds. The van der Waals surface area contributed by atoms with Gasteiger partial charge in [0.1, 0.15) is 11.6 Å². The van der Waals surface area contributed by atoms with E-state index in [4.69, 9.17) is 4.74 Å². The molecule has 0 spiro atoms. The first-order chi connectivity index (χ1) is 8.48. The molecule has 0 bridgehead atoms. The number of hydrogen-bond donors (Lipinski definition) is 1. The molecule has 1 saturated heterocycles. The smallest absolute Gasteiger partial charge is 0.218 e. The van der Waals surface area contributed by atoms with Crippen molar-refractivity contribution in [2.45, 2.75) is 25.8 Å². The third kappa shape index (κ3) is 3.32. The summed E-state index contributed by atoms with van der Waals surface area (Å²) in [5.41, 5.74) is 0. The van der Waals surface area contributed by atoms with Crippen LogP contribution in [-0.2, 0) is 9.84 Å². The second-order valence-corrected chi connectivity index (χ2v) is 6.67. The summed E-state index contributed by atoms with van der Waals surface area (Å²) in [5.74, 6) is 2.14. The predicted octanol–water partition coefficient (Wildman–Crippen LogP) is 0.783. The maximum Gasteiger partial charge on any atom is 0.218 e. The fourth-order valence-electron chi connectivity index (χ4n) is 2.06. The minimum atomic E-state index is -2.91. The molecule has 7 heteroatoms. The predicted molar refractivity (Wildman–Crippen MR) is 68.6 cm³/mol. The second kappa shape index (κ2) is 5.09. The van der Waals surface area contributed by atoms with Crippen LogP contribution in [0.4, 0.5) is 5.82 Å². The minimum absolute atomic E-state index is 0.0808. The summed E-state index contributed by atoms with van der Waals surface area (Å²) < 4.78 is 28.1. The van der Waals surface area contributed by atoms with E-state index in [1.165, 1.54) is 7.11 Å². The van der Waals surface area contributed by atoms with Gasteiger partial charge in [0.15, 0.2) is 9.84 Å². The Morgan fingerprint density at radius 1 is 1.44 bits per heavy atom. The van der Waals surface area contributed by atoms with Crippen LogP contribution in [0.2, 0.25) is 0 Å². The molecule has 0 aliphatic carbocycles. The SMILES string of the molecule is COc1cc(NC2CCCS(=O)(=O)C2)nc(C)n1. The Labute approximate surface area is 107 Å². The highest BCUT2D eigenvalue weighted by Crippen LogP contribution is 2.18. The van der Waals surface area contributed by atoms with Crippen LogP contribution < -0.4 is 10.1 Å². The van der Waals surface area contributed by atoms with Crippen LogP contribution in [0.5, 0.6) is 5.88 Å². The first-order valence-corrected chi connectivity index (χ1v) is 7.67. The minimum Gasteiger partial charge on any atom is -0.481 e. The number of aromatic nitrogens is 2. The molecule has 1 fully saturated rings. The first kappa shape index (κ1) is 13.1. The molecular weight excluding hydrogens is 254 g/mol. The molecule has 1 unspecified atom stereocenters. The van der Waals surface area contributed by atoms with Gasteiger partial charge in [-0.15, -0.1) is 0 Å². The van der Waals surface area contributed by atoms with Crippen molar-refractivity contribution in [1.29, 1.82) is 0 Å². The third-order valence-electron chi connectivity index (χ3n) is 2.84. The van der Waals surface area contributed by atoms with Gasteiger partial charge in [0.25, 0.3) is 0 Å². The van der Waals surface area contributed by atoms with Gasteiger partial charge in [-0.25, -0.2) is 13.4 Å². The van der Waals surface area contributed by atoms with Gasteiger partial charge in [-0.3, -0.25) is 0 Å². The molecular formula is C11H17N3O3S. The van der Waals surface area contributed by atoms with Gasteiger partial charge in [0.05, 0.1) is 18.6 Å². The van der Waals surface area contributed by atoms with Crippen LogP contribution in [0.15, 0.2) is 6.07 Å². The van der Waals surface area contributed by atoms with E-state index in [-0.39, 0.29) is 17.5 Å². The lowest BCUT2D eigenvalue weighted by Gasteiger charge is -2.23. The molecule has 1 atom stereocenters. The molecule has 0 radical (unpaired) electrons. The largest absolute Gasteiger partial charge is 0.481 e. The fraction of sp³-hybridized carbons (Fsp3) is 0.636. The molecule has 18 heavy (non-hydrogen) atoms. The summed E-state index contributed by atoms with van der Waals surface area (Å²) in [6, 6.07) is 1.59. The van der Waals surface area contributed by atoms with E-state index in [1.54, 1.807) is 13.0 Å². The Balaban J connectivity index is 2.11. The van der Waals surface area contributed by atoms with E-state index >= 15 is 0 Å². The molecule has 100 valence electrons. The zero-order valence-corrected chi connectivity index (χ0v) is 11.3. The van der Waals surface area contributed by atoms with Gasteiger partial charge in [0, 0.05) is 12.1 Å². The van der Waals surface area contributed by atoms with Crippen molar-refractivity contribution in [1.82, 2.24) is 9.97 Å². The molecule has 1 aliphatic rings. The Morgan fingerprint density at radius 3 is 2.89 bits per heavy atom. The molecule has 0 aromatic carbocycles. The molecule has 2 rings (SSSR count). The van der Waals surface area contributed by atoms with Crippen LogP contribution in [0, 0.1) is 6.92 Å². The lowest BCUT2D eigenvalue weighted by molar-refractivity contribution is 0.396. The van der Waals surface area contributed by atoms with E-state index in [2.05, 4.69) is 15.3 Å². The topological polar surface area (TPSA) is 81.2 Å². The molecule has 1 aromatic rings. The fourth-order valence-corrected chi connectivity index (χ4v) is 3.70. The van der Waals surface area contributed by atoms with Crippen molar-refractivity contribution in [3.05, 3.63) is 11.9 Å². The number of nitrogens with zero attached hydrogens (tertiary/aromatic N) is 2. The second-order valence-electron chi connectivity index (χ2n) is 4.44. The standard InChI is InChI=1S/C11H17N3O3S/c1-8-12-10(6-11(13-8)17-2)14-9-4-3-5-18(15,16)7-9/h6,9H,3-5,7H2,1-2H3,(H,12,13,14). The van der Waals surface area contributed by atoms with Crippen LogP contribution >= 0.6 is 0 Å². The lowest BCUT2D eigenvalue weighted by Crippen LogP contribution is -2.35. The number of rotatable bonds is 3. The summed E-state index contributed by atoms with van der Waals surface area (Å²) in [6.45, 7) is 1.77. The summed E-state index contributed by atoms with van der Waals surface area (Å²) in [5, 5.41) is 3.14. The summed E-state index contributed by atoms with van der Waals surface area (Å²) in [6.07, 6.45) is 1.53. The van der Waals surface area contributed by atoms with Gasteiger partial charge in [-0.2, -0.15) is 4.98 Å². The van der Waals surface area contributed by atoms with E-state index in [9.17, 15) is 8.42 Å². The Kier molecular flexibility index (Phi) is 3.70. The number of aryl methyl sites for hydroxylation is 1. The monoisotopic (exact) mass is 271 g/mol. The van der Waals surface area contributed by atoms with Gasteiger partial charge in [-0.1, -0.05) is 0 Å². The van der Waals surface area contributed by atoms with Gasteiger partial charge >= 0.3 is 0 Å². The number of hydrogen-bond acceptors (Lipinski definition) is 6. The molecule has 1 N–H and O–H groups in total. The van der Waals surface area contributed by atoms with E-state index in [0.717, 1.165) is 6.42 Å². The van der Waals surface area contributed by atoms with Gasteiger partial charge in [-0.05, 0) is 19.8 Å². The van der Waals surface area contributed by atoms with Gasteiger partial charge in [0.2, 0.25) is 5.88 Å². The normalized spacial score (nSPS) is 22.4. The zero-order valence-electron chi connectivity index (χ0n) is 10.5. The summed E-state index contributed by atoms with van der Waals surface area (Å²) in [4.78, 5) is 8.31. The summed E-state index contributed by atoms with van der Waals surface area (Å²) in [7, 11) is -1.38. The zero-order chi connectivity index (χ0) is 13.2. The first-order valence-electron chi connectivity index (χ1n) is 5.85. The van der Waals surface area contributed by atoms with Crippen LogP contribution in [0.1, 0.15) is 18.7 Å². The van der Waals surface area contributed by atoms with Crippen molar-refractivity contribution in [2.24, 2.45) is 0 Å². The highest BCUT2D eigenvalue weighted by Gasteiger charge is 2.24. The molecule has 6 nitrogen and oxygen atoms in total. The van der Waals surface area contributed by atoms with Crippen molar-refractivity contribution in [3.63, 3.8) is 0 Å². The summed E-state index contributed by atoms with van der Waals surface area (Å²) >= 11 is 0. The number of ether oxygens (including phenoxy) is 1. The highest BCUT2D eigenvalue weighted by molar-refractivity contribution is 7.91. The maximum atomic E-state index is 11.5. The van der Waals surface area contributed by atoms with Gasteiger partial charge < -0.3 is 10.1 Å². The van der Waals surface area contributed by atoms with Crippen molar-refractivity contribution in [3.8, 4) is 5.88 Å². The Hall–Kier alpha value is -1.37. The highest BCUT2D eigenvalue weighted by atomic mass is 32.2. The van der Waals surface area contributed by atoms with Crippen LogP contribution in [0.25, 0.3) is 0 Å². The number of methoxy groups -OCH3 is 1. The lowest BCUT2D eigenvalue weighted by atomic mass is 10.2. The number of nitrogens with one attached hydrogen (secondary N) is 1.